The number of amides is 1. The molecule has 0 saturated carbocycles. The van der Waals surface area contributed by atoms with Gasteiger partial charge in [0.2, 0.25) is 0 Å². The molecule has 124 valence electrons. The van der Waals surface area contributed by atoms with Crippen molar-refractivity contribution in [2.75, 3.05) is 13.1 Å². The van der Waals surface area contributed by atoms with E-state index in [9.17, 15) is 13.6 Å². The smallest absolute Gasteiger partial charge is 0.259 e. The number of carbonyl (C=O) groups excluding carboxylic acids is 1. The molecule has 1 heterocycles. The van der Waals surface area contributed by atoms with Gasteiger partial charge in [-0.3, -0.25) is 14.7 Å². The SMILES string of the molecule is O=C(c1cccc(F)c1)N1CCN=C1SCc1c(F)cccc1Cl. The zero-order valence-corrected chi connectivity index (χ0v) is 14.1. The van der Waals surface area contributed by atoms with E-state index < -0.39 is 11.6 Å². The Morgan fingerprint density at radius 3 is 2.79 bits per heavy atom. The number of carbonyl (C=O) groups is 1. The Morgan fingerprint density at radius 2 is 2.04 bits per heavy atom. The van der Waals surface area contributed by atoms with Crippen LogP contribution in [0.25, 0.3) is 0 Å². The van der Waals surface area contributed by atoms with E-state index in [2.05, 4.69) is 4.99 Å². The molecule has 3 nitrogen and oxygen atoms in total. The number of amidine groups is 1. The largest absolute Gasteiger partial charge is 0.286 e. The zero-order chi connectivity index (χ0) is 17.1. The highest BCUT2D eigenvalue weighted by Gasteiger charge is 2.25. The monoisotopic (exact) mass is 366 g/mol. The quantitative estimate of drug-likeness (QED) is 0.808. The molecule has 0 saturated heterocycles. The highest BCUT2D eigenvalue weighted by molar-refractivity contribution is 8.13. The summed E-state index contributed by atoms with van der Waals surface area (Å²) in [5.41, 5.74) is 0.631. The number of halogens is 3. The lowest BCUT2D eigenvalue weighted by molar-refractivity contribution is 0.0860. The lowest BCUT2D eigenvalue weighted by Gasteiger charge is -2.18. The molecule has 7 heteroatoms. The fourth-order valence-corrected chi connectivity index (χ4v) is 3.71. The van der Waals surface area contributed by atoms with Crippen LogP contribution in [0.2, 0.25) is 5.02 Å². The Morgan fingerprint density at radius 1 is 1.25 bits per heavy atom. The summed E-state index contributed by atoms with van der Waals surface area (Å²) in [4.78, 5) is 18.3. The van der Waals surface area contributed by atoms with E-state index in [1.54, 1.807) is 18.2 Å². The van der Waals surface area contributed by atoms with E-state index in [0.717, 1.165) is 0 Å². The Balaban J connectivity index is 1.73. The van der Waals surface area contributed by atoms with Gasteiger partial charge in [0.15, 0.2) is 5.17 Å². The van der Waals surface area contributed by atoms with E-state index in [4.69, 9.17) is 11.6 Å². The third-order valence-electron chi connectivity index (χ3n) is 3.53. The summed E-state index contributed by atoms with van der Waals surface area (Å²) in [5, 5.41) is 0.827. The molecular formula is C17H13ClF2N2OS. The van der Waals surface area contributed by atoms with Gasteiger partial charge in [-0.15, -0.1) is 0 Å². The summed E-state index contributed by atoms with van der Waals surface area (Å²) in [5.74, 6) is -0.920. The van der Waals surface area contributed by atoms with Crippen molar-refractivity contribution in [2.24, 2.45) is 4.99 Å². The second-order valence-electron chi connectivity index (χ2n) is 5.12. The minimum absolute atomic E-state index is 0.258. The van der Waals surface area contributed by atoms with Crippen LogP contribution in [0.1, 0.15) is 15.9 Å². The molecule has 0 aliphatic carbocycles. The van der Waals surface area contributed by atoms with Gasteiger partial charge in [0, 0.05) is 28.4 Å². The molecule has 24 heavy (non-hydrogen) atoms. The number of rotatable bonds is 3. The molecule has 2 aromatic rings. The lowest BCUT2D eigenvalue weighted by atomic mass is 10.2. The van der Waals surface area contributed by atoms with Crippen LogP contribution in [0.15, 0.2) is 47.5 Å². The molecule has 1 amide bonds. The van der Waals surface area contributed by atoms with E-state index >= 15 is 0 Å². The van der Waals surface area contributed by atoms with E-state index in [1.165, 1.54) is 40.9 Å². The first-order valence-corrected chi connectivity index (χ1v) is 8.60. The third-order valence-corrected chi connectivity index (χ3v) is 4.92. The summed E-state index contributed by atoms with van der Waals surface area (Å²) >= 11 is 7.25. The van der Waals surface area contributed by atoms with Gasteiger partial charge in [0.25, 0.3) is 5.91 Å². The summed E-state index contributed by atoms with van der Waals surface area (Å²) in [6.07, 6.45) is 0. The van der Waals surface area contributed by atoms with Crippen molar-refractivity contribution in [1.82, 2.24) is 4.90 Å². The molecule has 0 spiro atoms. The van der Waals surface area contributed by atoms with Crippen LogP contribution < -0.4 is 0 Å². The van der Waals surface area contributed by atoms with Gasteiger partial charge in [-0.25, -0.2) is 8.78 Å². The number of benzene rings is 2. The predicted octanol–water partition coefficient (Wildman–Crippen LogP) is 4.36. The highest BCUT2D eigenvalue weighted by Crippen LogP contribution is 2.27. The van der Waals surface area contributed by atoms with Crippen LogP contribution in [0.3, 0.4) is 0 Å². The number of nitrogens with zero attached hydrogens (tertiary/aromatic N) is 2. The van der Waals surface area contributed by atoms with Crippen molar-refractivity contribution in [1.29, 1.82) is 0 Å². The van der Waals surface area contributed by atoms with Crippen LogP contribution in [0, 0.1) is 11.6 Å². The standard InChI is InChI=1S/C17H13ClF2N2OS/c18-14-5-2-6-15(20)13(14)10-24-17-21-7-8-22(17)16(23)11-3-1-4-12(19)9-11/h1-6,9H,7-8,10H2. The number of hydrogen-bond donors (Lipinski definition) is 0. The number of thioether (sulfide) groups is 1. The van der Waals surface area contributed by atoms with Crippen LogP contribution in [-0.2, 0) is 5.75 Å². The van der Waals surface area contributed by atoms with Crippen LogP contribution in [-0.4, -0.2) is 29.1 Å². The maximum Gasteiger partial charge on any atom is 0.259 e. The molecule has 0 aromatic heterocycles. The van der Waals surface area contributed by atoms with Gasteiger partial charge in [0.1, 0.15) is 11.6 Å². The Labute approximate surface area is 147 Å². The third kappa shape index (κ3) is 3.60. The first-order valence-electron chi connectivity index (χ1n) is 7.24. The molecule has 1 aliphatic rings. The minimum atomic E-state index is -0.468. The van der Waals surface area contributed by atoms with Crippen molar-refractivity contribution in [3.63, 3.8) is 0 Å². The molecule has 0 bridgehead atoms. The average Bonchev–Trinajstić information content (AvgIpc) is 3.02. The summed E-state index contributed by atoms with van der Waals surface area (Å²) in [6.45, 7) is 0.886. The maximum atomic E-state index is 13.8. The maximum absolute atomic E-state index is 13.8. The highest BCUT2D eigenvalue weighted by atomic mass is 35.5. The summed E-state index contributed by atoms with van der Waals surface area (Å²) in [7, 11) is 0. The molecule has 0 unspecified atom stereocenters. The van der Waals surface area contributed by atoms with Crippen LogP contribution in [0.5, 0.6) is 0 Å². The van der Waals surface area contributed by atoms with Gasteiger partial charge >= 0.3 is 0 Å². The van der Waals surface area contributed by atoms with Gasteiger partial charge < -0.3 is 0 Å². The van der Waals surface area contributed by atoms with Crippen molar-refractivity contribution >= 4 is 34.4 Å². The molecular weight excluding hydrogens is 354 g/mol. The van der Waals surface area contributed by atoms with Crippen molar-refractivity contribution in [3.05, 3.63) is 70.2 Å². The van der Waals surface area contributed by atoms with Gasteiger partial charge in [-0.1, -0.05) is 35.5 Å². The average molecular weight is 367 g/mol. The molecule has 3 rings (SSSR count). The Hall–Kier alpha value is -1.92. The summed E-state index contributed by atoms with van der Waals surface area (Å²) in [6, 6.07) is 10.0. The summed E-state index contributed by atoms with van der Waals surface area (Å²) < 4.78 is 27.1. The van der Waals surface area contributed by atoms with Gasteiger partial charge in [-0.05, 0) is 30.3 Å². The second-order valence-corrected chi connectivity index (χ2v) is 6.47. The number of aliphatic imine (C=N–C) groups is 1. The molecule has 1 aliphatic heterocycles. The first kappa shape index (κ1) is 16.9. The van der Waals surface area contributed by atoms with Crippen LogP contribution in [0.4, 0.5) is 8.78 Å². The molecule has 0 fully saturated rings. The fourth-order valence-electron chi connectivity index (χ4n) is 2.32. The van der Waals surface area contributed by atoms with E-state index in [0.29, 0.717) is 28.8 Å². The molecule has 0 radical (unpaired) electrons. The number of hydrogen-bond acceptors (Lipinski definition) is 3. The topological polar surface area (TPSA) is 32.7 Å². The normalized spacial score (nSPS) is 14.0. The fraction of sp³-hybridized carbons (Fsp3) is 0.176. The Bertz CT molecular complexity index is 793. The first-order chi connectivity index (χ1) is 11.6. The van der Waals surface area contributed by atoms with Crippen molar-refractivity contribution < 1.29 is 13.6 Å². The predicted molar refractivity (Wildman–Crippen MR) is 92.4 cm³/mol. The van der Waals surface area contributed by atoms with Crippen LogP contribution >= 0.6 is 23.4 Å². The van der Waals surface area contributed by atoms with E-state index in [1.807, 2.05) is 0 Å². The second kappa shape index (κ2) is 7.32. The molecule has 2 aromatic carbocycles. The molecule has 0 N–H and O–H groups in total. The molecule has 0 atom stereocenters. The zero-order valence-electron chi connectivity index (χ0n) is 12.5. The van der Waals surface area contributed by atoms with Gasteiger partial charge in [0.05, 0.1) is 6.54 Å². The minimum Gasteiger partial charge on any atom is -0.286 e. The van der Waals surface area contributed by atoms with E-state index in [-0.39, 0.29) is 17.2 Å². The lowest BCUT2D eigenvalue weighted by Crippen LogP contribution is -2.32. The van der Waals surface area contributed by atoms with Crippen molar-refractivity contribution in [2.45, 2.75) is 5.75 Å². The van der Waals surface area contributed by atoms with Gasteiger partial charge in [-0.2, -0.15) is 0 Å². The van der Waals surface area contributed by atoms with Crippen molar-refractivity contribution in [3.8, 4) is 0 Å². The Kier molecular flexibility index (Phi) is 5.16.